The molecule has 13 nitrogen and oxygen atoms in total. The lowest BCUT2D eigenvalue weighted by Gasteiger charge is -2.30. The standard InChI is InChI=1S/C39H47ClN6O7/c1-5-52-29-18-16-24(17-19-29)32-33(25-12-11-14-27(40)20-25)44-46(43-32)28-21-31-34(47)42-39(36(49)50)22-26(39)13-9-7-6-8-10-15-30(35(48)45(31)23-28)41-37(51)53-38(2,3)4/h9,11-14,16-20,26,28,30-31H,5-8,10,15,21-23H2,1-4H3,(H,41,51)(H,42,47)(H,49,50)/b13-9-/t26-,28-,30-,31-,39+/m0/s1. The first-order chi connectivity index (χ1) is 25.3. The molecule has 0 radical (unpaired) electrons. The third-order valence-electron chi connectivity index (χ3n) is 9.82. The number of carboxylic acid groups (broad SMARTS) is 1. The number of carbonyl (C=O) groups is 4. The van der Waals surface area contributed by atoms with Crippen LogP contribution in [0.2, 0.25) is 5.02 Å². The number of nitrogens with zero attached hydrogens (tertiary/aromatic N) is 4. The normalized spacial score (nSPS) is 25.6. The number of nitrogens with one attached hydrogen (secondary N) is 2. The summed E-state index contributed by atoms with van der Waals surface area (Å²) >= 11 is 6.40. The number of carboxylic acids is 1. The third kappa shape index (κ3) is 8.67. The van der Waals surface area contributed by atoms with Crippen molar-refractivity contribution in [3.05, 3.63) is 65.7 Å². The van der Waals surface area contributed by atoms with Crippen LogP contribution in [0.15, 0.2) is 60.7 Å². The molecule has 282 valence electrons. The molecule has 2 aliphatic heterocycles. The molecule has 3 amide bonds. The van der Waals surface area contributed by atoms with Crippen molar-refractivity contribution in [2.75, 3.05) is 13.2 Å². The van der Waals surface area contributed by atoms with Gasteiger partial charge < -0.3 is 30.1 Å². The Morgan fingerprint density at radius 1 is 1.06 bits per heavy atom. The van der Waals surface area contributed by atoms with Gasteiger partial charge in [0.2, 0.25) is 11.8 Å². The lowest BCUT2D eigenvalue weighted by molar-refractivity contribution is -0.145. The largest absolute Gasteiger partial charge is 0.494 e. The molecular formula is C39H47ClN6O7. The number of fused-ring (bicyclic) bond motifs is 2. The predicted molar refractivity (Wildman–Crippen MR) is 198 cm³/mol. The highest BCUT2D eigenvalue weighted by Gasteiger charge is 2.61. The monoisotopic (exact) mass is 746 g/mol. The Hall–Kier alpha value is -4.91. The number of aromatic nitrogens is 3. The van der Waals surface area contributed by atoms with Crippen LogP contribution in [0.3, 0.4) is 0 Å². The molecule has 0 unspecified atom stereocenters. The van der Waals surface area contributed by atoms with Crippen LogP contribution in [0.4, 0.5) is 4.79 Å². The second-order valence-electron chi connectivity index (χ2n) is 14.9. The van der Waals surface area contributed by atoms with Crippen LogP contribution < -0.4 is 15.4 Å². The highest BCUT2D eigenvalue weighted by Crippen LogP contribution is 2.46. The Morgan fingerprint density at radius 2 is 1.79 bits per heavy atom. The second kappa shape index (κ2) is 15.6. The van der Waals surface area contributed by atoms with Crippen LogP contribution in [0, 0.1) is 5.92 Å². The molecule has 3 heterocycles. The fraction of sp³-hybridized carbons (Fsp3) is 0.487. The van der Waals surface area contributed by atoms with Crippen molar-refractivity contribution < 1.29 is 33.8 Å². The van der Waals surface area contributed by atoms with Gasteiger partial charge in [0.05, 0.1) is 12.6 Å². The molecule has 1 aliphatic carbocycles. The van der Waals surface area contributed by atoms with Gasteiger partial charge in [-0.2, -0.15) is 15.0 Å². The number of allylic oxidation sites excluding steroid dienone is 1. The van der Waals surface area contributed by atoms with E-state index >= 15 is 0 Å². The number of rotatable bonds is 7. The smallest absolute Gasteiger partial charge is 0.408 e. The summed E-state index contributed by atoms with van der Waals surface area (Å²) in [5, 5.41) is 26.2. The summed E-state index contributed by atoms with van der Waals surface area (Å²) in [6, 6.07) is 12.1. The number of aliphatic carboxylic acids is 1. The molecule has 14 heteroatoms. The van der Waals surface area contributed by atoms with Crippen LogP contribution in [0.1, 0.15) is 78.7 Å². The first-order valence-electron chi connectivity index (χ1n) is 18.3. The Bertz CT molecular complexity index is 1870. The zero-order chi connectivity index (χ0) is 37.9. The predicted octanol–water partition coefficient (Wildman–Crippen LogP) is 6.18. The van der Waals surface area contributed by atoms with Crippen LogP contribution in [-0.2, 0) is 19.1 Å². The summed E-state index contributed by atoms with van der Waals surface area (Å²) in [5.74, 6) is -1.82. The molecule has 1 saturated heterocycles. The lowest BCUT2D eigenvalue weighted by atomic mass is 10.0. The van der Waals surface area contributed by atoms with E-state index in [1.165, 1.54) is 9.70 Å². The maximum atomic E-state index is 14.5. The van der Waals surface area contributed by atoms with E-state index in [0.717, 1.165) is 30.4 Å². The number of hydrogen-bond acceptors (Lipinski definition) is 8. The third-order valence-corrected chi connectivity index (χ3v) is 10.1. The highest BCUT2D eigenvalue weighted by molar-refractivity contribution is 6.30. The van der Waals surface area contributed by atoms with Crippen LogP contribution >= 0.6 is 11.6 Å². The molecule has 1 saturated carbocycles. The van der Waals surface area contributed by atoms with Gasteiger partial charge in [0, 0.05) is 35.0 Å². The number of halogens is 1. The number of benzene rings is 2. The van der Waals surface area contributed by atoms with E-state index in [-0.39, 0.29) is 25.3 Å². The summed E-state index contributed by atoms with van der Waals surface area (Å²) in [4.78, 5) is 57.2. The molecule has 3 N–H and O–H groups in total. The van der Waals surface area contributed by atoms with E-state index in [0.29, 0.717) is 41.6 Å². The number of carbonyl (C=O) groups excluding carboxylic acids is 3. The number of alkyl carbamates (subject to hydrolysis) is 1. The fourth-order valence-corrected chi connectivity index (χ4v) is 7.27. The van der Waals surface area contributed by atoms with Crippen molar-refractivity contribution in [3.63, 3.8) is 0 Å². The molecule has 0 spiro atoms. The van der Waals surface area contributed by atoms with Gasteiger partial charge >= 0.3 is 12.1 Å². The minimum Gasteiger partial charge on any atom is -0.494 e. The molecule has 3 aliphatic rings. The second-order valence-corrected chi connectivity index (χ2v) is 15.4. The average Bonchev–Trinajstić information content (AvgIpc) is 3.40. The van der Waals surface area contributed by atoms with Gasteiger partial charge in [-0.1, -0.05) is 48.7 Å². The van der Waals surface area contributed by atoms with E-state index in [4.69, 9.17) is 31.3 Å². The molecule has 2 aromatic carbocycles. The van der Waals surface area contributed by atoms with Gasteiger partial charge in [0.1, 0.15) is 40.4 Å². The summed E-state index contributed by atoms with van der Waals surface area (Å²) in [7, 11) is 0. The Morgan fingerprint density at radius 3 is 2.47 bits per heavy atom. The highest BCUT2D eigenvalue weighted by atomic mass is 35.5. The van der Waals surface area contributed by atoms with Crippen molar-refractivity contribution in [2.24, 2.45) is 5.92 Å². The Balaban J connectivity index is 1.37. The molecule has 0 bridgehead atoms. The van der Waals surface area contributed by atoms with E-state index < -0.39 is 53.1 Å². The van der Waals surface area contributed by atoms with Gasteiger partial charge in [-0.25, -0.2) is 9.59 Å². The maximum absolute atomic E-state index is 14.5. The molecular weight excluding hydrogens is 700 g/mol. The minimum absolute atomic E-state index is 0.0409. The number of ether oxygens (including phenoxy) is 2. The molecule has 5 atom stereocenters. The van der Waals surface area contributed by atoms with Crippen LogP contribution in [0.25, 0.3) is 22.5 Å². The molecule has 1 aromatic heterocycles. The maximum Gasteiger partial charge on any atom is 0.408 e. The number of amides is 3. The van der Waals surface area contributed by atoms with Crippen LogP contribution in [0.5, 0.6) is 5.75 Å². The summed E-state index contributed by atoms with van der Waals surface area (Å²) in [5.41, 5.74) is 0.372. The Labute approximate surface area is 314 Å². The van der Waals surface area contributed by atoms with E-state index in [1.807, 2.05) is 55.5 Å². The van der Waals surface area contributed by atoms with Gasteiger partial charge in [-0.05, 0) is 89.8 Å². The summed E-state index contributed by atoms with van der Waals surface area (Å²) in [6.07, 6.45) is 6.80. The molecule has 2 fully saturated rings. The van der Waals surface area contributed by atoms with E-state index in [1.54, 1.807) is 32.9 Å². The topological polar surface area (TPSA) is 165 Å². The zero-order valence-electron chi connectivity index (χ0n) is 30.5. The zero-order valence-corrected chi connectivity index (χ0v) is 31.3. The van der Waals surface area contributed by atoms with E-state index in [2.05, 4.69) is 10.6 Å². The first kappa shape index (κ1) is 37.8. The quantitative estimate of drug-likeness (QED) is 0.240. The SMILES string of the molecule is CCOc1ccc(-c2nn([C@H]3C[C@H]4C(=O)N[C@]5(C(=O)O)C[C@@H]5/C=C\CCCCC[C@H](NC(=O)OC(C)(C)C)C(=O)N4C3)nc2-c2cccc(Cl)c2)cc1. The minimum atomic E-state index is -1.46. The average molecular weight is 747 g/mol. The molecule has 3 aromatic rings. The van der Waals surface area contributed by atoms with Crippen molar-refractivity contribution in [1.29, 1.82) is 0 Å². The van der Waals surface area contributed by atoms with Gasteiger partial charge in [-0.15, -0.1) is 0 Å². The Kier molecular flexibility index (Phi) is 11.1. The van der Waals surface area contributed by atoms with Crippen molar-refractivity contribution in [2.45, 2.75) is 102 Å². The van der Waals surface area contributed by atoms with Crippen molar-refractivity contribution in [3.8, 4) is 28.3 Å². The number of hydrogen-bond donors (Lipinski definition) is 3. The molecule has 6 rings (SSSR count). The lowest BCUT2D eigenvalue weighted by Crippen LogP contribution is -2.56. The summed E-state index contributed by atoms with van der Waals surface area (Å²) < 4.78 is 11.2. The van der Waals surface area contributed by atoms with Crippen molar-refractivity contribution in [1.82, 2.24) is 30.5 Å². The van der Waals surface area contributed by atoms with Crippen LogP contribution in [-0.4, -0.2) is 85.3 Å². The summed E-state index contributed by atoms with van der Waals surface area (Å²) in [6.45, 7) is 7.69. The van der Waals surface area contributed by atoms with Gasteiger partial charge in [0.25, 0.3) is 0 Å². The molecule has 53 heavy (non-hydrogen) atoms. The fourth-order valence-electron chi connectivity index (χ4n) is 7.08. The van der Waals surface area contributed by atoms with E-state index in [9.17, 15) is 24.3 Å². The van der Waals surface area contributed by atoms with Crippen molar-refractivity contribution >= 4 is 35.5 Å². The first-order valence-corrected chi connectivity index (χ1v) is 18.6. The van der Waals surface area contributed by atoms with Gasteiger partial charge in [-0.3, -0.25) is 9.59 Å². The van der Waals surface area contributed by atoms with Gasteiger partial charge in [0.15, 0.2) is 0 Å².